The quantitative estimate of drug-likeness (QED) is 0.253. The monoisotopic (exact) mass is 583 g/mol. The van der Waals surface area contributed by atoms with E-state index in [0.29, 0.717) is 17.5 Å². The lowest BCUT2D eigenvalue weighted by Crippen LogP contribution is -2.22. The number of hydrogen-bond donors (Lipinski definition) is 2. The van der Waals surface area contributed by atoms with Crippen LogP contribution in [0, 0.1) is 6.92 Å². The van der Waals surface area contributed by atoms with E-state index in [1.807, 2.05) is 30.3 Å². The Morgan fingerprint density at radius 2 is 1.85 bits per heavy atom. The lowest BCUT2D eigenvalue weighted by molar-refractivity contribution is -0.0691. The van der Waals surface area contributed by atoms with Crippen LogP contribution in [0.1, 0.15) is 32.0 Å². The van der Waals surface area contributed by atoms with Crippen molar-refractivity contribution in [2.75, 3.05) is 5.32 Å². The van der Waals surface area contributed by atoms with Gasteiger partial charge in [-0.05, 0) is 36.2 Å². The number of rotatable bonds is 9. The van der Waals surface area contributed by atoms with Crippen LogP contribution in [0.3, 0.4) is 0 Å². The molecule has 2 amide bonds. The van der Waals surface area contributed by atoms with E-state index >= 15 is 0 Å². The summed E-state index contributed by atoms with van der Waals surface area (Å²) in [6.07, 6.45) is -3.33. The Hall–Kier alpha value is -4.91. The first-order valence-electron chi connectivity index (χ1n) is 12.1. The van der Waals surface area contributed by atoms with E-state index in [2.05, 4.69) is 25.2 Å². The maximum atomic E-state index is 13.6. The summed E-state index contributed by atoms with van der Waals surface area (Å²) in [6, 6.07) is 15.2. The van der Waals surface area contributed by atoms with Gasteiger partial charge in [0.25, 0.3) is 18.2 Å². The first-order chi connectivity index (χ1) is 19.6. The number of nitrogens with one attached hydrogen (secondary N) is 1. The summed E-state index contributed by atoms with van der Waals surface area (Å²) < 4.78 is 46.3. The SMILES string of the molecule is Cc1cc2cn(Cc3ccccc3)nc2c(C(N)=O)c1NC(=O)c1cc(OC(F)C(F)F)nn1-c1ncccc1Cl. The number of carbonyl (C=O) groups excluding carboxylic acids is 2. The molecule has 0 saturated carbocycles. The molecule has 1 unspecified atom stereocenters. The Balaban J connectivity index is 1.55. The van der Waals surface area contributed by atoms with Gasteiger partial charge in [0.05, 0.1) is 22.8 Å². The van der Waals surface area contributed by atoms with Crippen molar-refractivity contribution in [2.24, 2.45) is 5.73 Å². The molecule has 0 spiro atoms. The highest BCUT2D eigenvalue weighted by Gasteiger charge is 2.27. The number of halogens is 4. The van der Waals surface area contributed by atoms with Crippen LogP contribution < -0.4 is 15.8 Å². The number of nitrogens with zero attached hydrogens (tertiary/aromatic N) is 5. The average molecular weight is 584 g/mol. The maximum absolute atomic E-state index is 13.6. The number of anilines is 1. The number of ether oxygens (including phenoxy) is 1. The lowest BCUT2D eigenvalue weighted by Gasteiger charge is -2.13. The van der Waals surface area contributed by atoms with Gasteiger partial charge in [0.2, 0.25) is 5.88 Å². The van der Waals surface area contributed by atoms with E-state index in [-0.39, 0.29) is 33.3 Å². The molecule has 5 rings (SSSR count). The minimum atomic E-state index is -3.45. The highest BCUT2D eigenvalue weighted by atomic mass is 35.5. The third kappa shape index (κ3) is 5.70. The standard InChI is InChI=1S/C27H21ClF3N7O3/c1-14-10-16-13-37(12-15-6-3-2-4-7-15)36-22(16)20(25(32)39)21(14)34-27(40)18-11-19(41-24(31)23(29)30)35-38(18)26-17(28)8-5-9-33-26/h2-11,13,23-24H,12H2,1H3,(H2,32,39)(H,34,40). The molecule has 2 aromatic carbocycles. The first kappa shape index (κ1) is 27.6. The second kappa shape index (κ2) is 11.3. The number of aromatic nitrogens is 5. The van der Waals surface area contributed by atoms with E-state index in [1.165, 1.54) is 18.3 Å². The lowest BCUT2D eigenvalue weighted by atomic mass is 10.0. The van der Waals surface area contributed by atoms with Gasteiger partial charge in [0.15, 0.2) is 5.82 Å². The molecule has 0 fully saturated rings. The van der Waals surface area contributed by atoms with Gasteiger partial charge in [-0.3, -0.25) is 14.3 Å². The molecule has 3 N–H and O–H groups in total. The normalized spacial score (nSPS) is 12.0. The van der Waals surface area contributed by atoms with Crippen molar-refractivity contribution in [1.82, 2.24) is 24.5 Å². The van der Waals surface area contributed by atoms with E-state index in [0.717, 1.165) is 16.3 Å². The van der Waals surface area contributed by atoms with Gasteiger partial charge in [-0.15, -0.1) is 5.10 Å². The second-order valence-corrected chi connectivity index (χ2v) is 9.31. The van der Waals surface area contributed by atoms with Gasteiger partial charge in [-0.25, -0.2) is 18.4 Å². The Labute approximate surface area is 235 Å². The molecule has 210 valence electrons. The number of nitrogens with two attached hydrogens (primary N) is 1. The molecule has 41 heavy (non-hydrogen) atoms. The van der Waals surface area contributed by atoms with Crippen LogP contribution in [0.15, 0.2) is 67.0 Å². The predicted molar refractivity (Wildman–Crippen MR) is 144 cm³/mol. The van der Waals surface area contributed by atoms with Gasteiger partial charge in [0, 0.05) is 23.8 Å². The molecule has 14 heteroatoms. The fourth-order valence-electron chi connectivity index (χ4n) is 4.23. The fourth-order valence-corrected chi connectivity index (χ4v) is 4.43. The van der Waals surface area contributed by atoms with Crippen LogP contribution in [0.2, 0.25) is 5.02 Å². The predicted octanol–water partition coefficient (Wildman–Crippen LogP) is 4.92. The summed E-state index contributed by atoms with van der Waals surface area (Å²) in [5.41, 5.74) is 7.19. The number of aryl methyl sites for hydroxylation is 1. The molecule has 1 atom stereocenters. The number of benzene rings is 2. The minimum Gasteiger partial charge on any atom is -0.436 e. The smallest absolute Gasteiger partial charge is 0.304 e. The molecule has 0 aliphatic heterocycles. The molecule has 0 aliphatic rings. The van der Waals surface area contributed by atoms with Crippen molar-refractivity contribution in [3.05, 3.63) is 94.4 Å². The average Bonchev–Trinajstić information content (AvgIpc) is 3.53. The van der Waals surface area contributed by atoms with Crippen molar-refractivity contribution < 1.29 is 27.5 Å². The van der Waals surface area contributed by atoms with Crippen molar-refractivity contribution in [1.29, 1.82) is 0 Å². The van der Waals surface area contributed by atoms with Crippen molar-refractivity contribution in [3.63, 3.8) is 0 Å². The number of carbonyl (C=O) groups is 2. The Bertz CT molecular complexity index is 1760. The Morgan fingerprint density at radius 3 is 2.54 bits per heavy atom. The van der Waals surface area contributed by atoms with Gasteiger partial charge in [-0.1, -0.05) is 41.9 Å². The van der Waals surface area contributed by atoms with Crippen LogP contribution >= 0.6 is 11.6 Å². The zero-order chi connectivity index (χ0) is 29.3. The number of primary amides is 1. The number of alkyl halides is 3. The second-order valence-electron chi connectivity index (χ2n) is 8.90. The highest BCUT2D eigenvalue weighted by Crippen LogP contribution is 2.31. The summed E-state index contributed by atoms with van der Waals surface area (Å²) in [5, 5.41) is 11.7. The molecule has 5 aromatic rings. The van der Waals surface area contributed by atoms with Gasteiger partial charge >= 0.3 is 6.43 Å². The van der Waals surface area contributed by atoms with Crippen molar-refractivity contribution in [2.45, 2.75) is 26.3 Å². The van der Waals surface area contributed by atoms with Crippen LogP contribution in [-0.2, 0) is 6.54 Å². The summed E-state index contributed by atoms with van der Waals surface area (Å²) in [7, 11) is 0. The largest absolute Gasteiger partial charge is 0.436 e. The van der Waals surface area contributed by atoms with E-state index < -0.39 is 30.5 Å². The zero-order valence-electron chi connectivity index (χ0n) is 21.3. The van der Waals surface area contributed by atoms with Gasteiger partial charge < -0.3 is 15.8 Å². The third-order valence-corrected chi connectivity index (χ3v) is 6.30. The number of fused-ring (bicyclic) bond motifs is 1. The molecule has 0 aliphatic carbocycles. The summed E-state index contributed by atoms with van der Waals surface area (Å²) >= 11 is 6.22. The number of amides is 2. The number of hydrogen-bond acceptors (Lipinski definition) is 6. The molecule has 0 bridgehead atoms. The molecule has 10 nitrogen and oxygen atoms in total. The summed E-state index contributed by atoms with van der Waals surface area (Å²) in [5.74, 6) is -2.38. The third-order valence-electron chi connectivity index (χ3n) is 6.01. The Kier molecular flexibility index (Phi) is 7.62. The van der Waals surface area contributed by atoms with E-state index in [4.69, 9.17) is 17.3 Å². The molecule has 0 radical (unpaired) electrons. The maximum Gasteiger partial charge on any atom is 0.304 e. The highest BCUT2D eigenvalue weighted by molar-refractivity contribution is 6.32. The van der Waals surface area contributed by atoms with Crippen molar-refractivity contribution in [3.8, 4) is 11.7 Å². The molecular weight excluding hydrogens is 563 g/mol. The fraction of sp³-hybridized carbons (Fsp3) is 0.148. The molecule has 3 aromatic heterocycles. The van der Waals surface area contributed by atoms with Crippen LogP contribution in [0.25, 0.3) is 16.7 Å². The zero-order valence-corrected chi connectivity index (χ0v) is 22.0. The van der Waals surface area contributed by atoms with Crippen LogP contribution in [0.5, 0.6) is 5.88 Å². The Morgan fingerprint density at radius 1 is 1.10 bits per heavy atom. The van der Waals surface area contributed by atoms with E-state index in [9.17, 15) is 22.8 Å². The number of pyridine rings is 1. The molecular formula is C27H21ClF3N7O3. The first-order valence-corrected chi connectivity index (χ1v) is 12.5. The topological polar surface area (TPSA) is 130 Å². The van der Waals surface area contributed by atoms with Gasteiger partial charge in [-0.2, -0.15) is 9.49 Å². The molecule has 3 heterocycles. The van der Waals surface area contributed by atoms with Crippen LogP contribution in [0.4, 0.5) is 18.9 Å². The summed E-state index contributed by atoms with van der Waals surface area (Å²) in [4.78, 5) is 30.3. The minimum absolute atomic E-state index is 0.0416. The van der Waals surface area contributed by atoms with Gasteiger partial charge in [0.1, 0.15) is 11.2 Å². The van der Waals surface area contributed by atoms with Crippen LogP contribution in [-0.4, -0.2) is 49.1 Å². The molecule has 0 saturated heterocycles. The van der Waals surface area contributed by atoms with E-state index in [1.54, 1.807) is 23.9 Å². The van der Waals surface area contributed by atoms with Crippen molar-refractivity contribution >= 4 is 40.0 Å². The summed E-state index contributed by atoms with van der Waals surface area (Å²) in [6.45, 7) is 2.09.